The number of hydrogen-bond donors (Lipinski definition) is 1. The summed E-state index contributed by atoms with van der Waals surface area (Å²) in [5.74, 6) is -1.25. The molecule has 0 bridgehead atoms. The molecule has 0 aliphatic heterocycles. The zero-order valence-corrected chi connectivity index (χ0v) is 12.3. The number of fused-ring (bicyclic) bond motifs is 1. The maximum atomic E-state index is 14.0. The average molecular weight is 339 g/mol. The molecule has 0 saturated carbocycles. The van der Waals surface area contributed by atoms with Gasteiger partial charge in [-0.1, -0.05) is 24.3 Å². The van der Waals surface area contributed by atoms with Crippen molar-refractivity contribution in [3.05, 3.63) is 69.2 Å². The summed E-state index contributed by atoms with van der Waals surface area (Å²) in [6, 6.07) is 10.3. The van der Waals surface area contributed by atoms with Crippen LogP contribution in [0.3, 0.4) is 0 Å². The zero-order chi connectivity index (χ0) is 14.3. The Balaban J connectivity index is 1.92. The van der Waals surface area contributed by atoms with Crippen LogP contribution >= 0.6 is 15.9 Å². The van der Waals surface area contributed by atoms with Crippen molar-refractivity contribution in [3.63, 3.8) is 0 Å². The Morgan fingerprint density at radius 2 is 1.65 bits per heavy atom. The molecule has 20 heavy (non-hydrogen) atoms. The minimum Gasteiger partial charge on any atom is -0.389 e. The van der Waals surface area contributed by atoms with Crippen LogP contribution < -0.4 is 0 Å². The summed E-state index contributed by atoms with van der Waals surface area (Å²) in [6.45, 7) is 0. The van der Waals surface area contributed by atoms with E-state index in [-0.39, 0.29) is 16.5 Å². The van der Waals surface area contributed by atoms with E-state index in [4.69, 9.17) is 0 Å². The van der Waals surface area contributed by atoms with Gasteiger partial charge in [-0.25, -0.2) is 8.78 Å². The molecule has 2 aromatic rings. The van der Waals surface area contributed by atoms with Gasteiger partial charge in [0.05, 0.1) is 10.1 Å². The molecule has 104 valence electrons. The molecule has 1 aliphatic rings. The molecule has 0 saturated heterocycles. The highest BCUT2D eigenvalue weighted by Crippen LogP contribution is 2.34. The molecular formula is C16H13BrF2O. The zero-order valence-electron chi connectivity index (χ0n) is 10.7. The summed E-state index contributed by atoms with van der Waals surface area (Å²) in [7, 11) is 0. The summed E-state index contributed by atoms with van der Waals surface area (Å²) in [5, 5.41) is 10.7. The van der Waals surface area contributed by atoms with Gasteiger partial charge >= 0.3 is 0 Å². The molecule has 1 nitrogen and oxygen atoms in total. The molecular weight excluding hydrogens is 326 g/mol. The van der Waals surface area contributed by atoms with Gasteiger partial charge in [0.2, 0.25) is 0 Å². The number of rotatable bonds is 2. The summed E-state index contributed by atoms with van der Waals surface area (Å²) in [5.41, 5.74) is 0.915. The second kappa shape index (κ2) is 4.93. The van der Waals surface area contributed by atoms with Crippen LogP contribution in [-0.2, 0) is 19.3 Å². The number of hydrogen-bond acceptors (Lipinski definition) is 1. The van der Waals surface area contributed by atoms with Crippen molar-refractivity contribution >= 4 is 15.9 Å². The summed E-state index contributed by atoms with van der Waals surface area (Å²) in [6.07, 6.45) is 0.821. The normalized spacial score (nSPS) is 16.2. The van der Waals surface area contributed by atoms with E-state index in [1.54, 1.807) is 0 Å². The Morgan fingerprint density at radius 3 is 2.25 bits per heavy atom. The second-order valence-corrected chi connectivity index (χ2v) is 6.20. The van der Waals surface area contributed by atoms with Gasteiger partial charge in [-0.3, -0.25) is 0 Å². The lowest BCUT2D eigenvalue weighted by molar-refractivity contribution is 0.0499. The fourth-order valence-electron chi connectivity index (χ4n) is 2.86. The van der Waals surface area contributed by atoms with E-state index in [9.17, 15) is 13.9 Å². The molecule has 3 rings (SSSR count). The van der Waals surface area contributed by atoms with Gasteiger partial charge in [0.25, 0.3) is 0 Å². The van der Waals surface area contributed by atoms with Crippen LogP contribution in [0.15, 0.2) is 40.9 Å². The van der Waals surface area contributed by atoms with Crippen molar-refractivity contribution in [3.8, 4) is 0 Å². The molecule has 0 amide bonds. The first kappa shape index (κ1) is 13.7. The summed E-state index contributed by atoms with van der Waals surface area (Å²) in [4.78, 5) is 0. The van der Waals surface area contributed by atoms with E-state index in [2.05, 4.69) is 15.9 Å². The molecule has 0 atom stereocenters. The van der Waals surface area contributed by atoms with Crippen molar-refractivity contribution in [2.75, 3.05) is 0 Å². The van der Waals surface area contributed by atoms with Crippen molar-refractivity contribution in [2.45, 2.75) is 24.9 Å². The van der Waals surface area contributed by atoms with E-state index in [0.717, 1.165) is 11.1 Å². The minimum absolute atomic E-state index is 0.0290. The van der Waals surface area contributed by atoms with E-state index < -0.39 is 17.2 Å². The standard InChI is InChI=1S/C16H13BrF2O/c17-13-5-6-14(18)12(15(13)19)9-16(20)7-10-3-1-2-4-11(10)8-16/h1-6,20H,7-9H2. The lowest BCUT2D eigenvalue weighted by atomic mass is 9.91. The van der Waals surface area contributed by atoms with E-state index in [0.29, 0.717) is 12.8 Å². The summed E-state index contributed by atoms with van der Waals surface area (Å²) < 4.78 is 28.0. The van der Waals surface area contributed by atoms with Crippen LogP contribution in [0.5, 0.6) is 0 Å². The van der Waals surface area contributed by atoms with Crippen molar-refractivity contribution < 1.29 is 13.9 Å². The predicted octanol–water partition coefficient (Wildman–Crippen LogP) is 3.80. The predicted molar refractivity (Wildman–Crippen MR) is 76.6 cm³/mol. The Hall–Kier alpha value is -1.26. The Kier molecular flexibility index (Phi) is 3.38. The first-order valence-corrected chi connectivity index (χ1v) is 7.19. The van der Waals surface area contributed by atoms with Crippen LogP contribution in [0.2, 0.25) is 0 Å². The van der Waals surface area contributed by atoms with E-state index in [1.165, 1.54) is 12.1 Å². The highest BCUT2D eigenvalue weighted by molar-refractivity contribution is 9.10. The van der Waals surface area contributed by atoms with E-state index >= 15 is 0 Å². The molecule has 2 aromatic carbocycles. The Bertz CT molecular complexity index is 645. The van der Waals surface area contributed by atoms with Gasteiger partial charge in [0, 0.05) is 24.8 Å². The first-order valence-electron chi connectivity index (χ1n) is 6.40. The number of aliphatic hydroxyl groups is 1. The van der Waals surface area contributed by atoms with Crippen LogP contribution in [-0.4, -0.2) is 10.7 Å². The maximum absolute atomic E-state index is 14.0. The van der Waals surface area contributed by atoms with Crippen LogP contribution in [0.25, 0.3) is 0 Å². The molecule has 1 aliphatic carbocycles. The molecule has 0 fully saturated rings. The van der Waals surface area contributed by atoms with Gasteiger partial charge in [-0.2, -0.15) is 0 Å². The second-order valence-electron chi connectivity index (χ2n) is 5.35. The molecule has 0 radical (unpaired) electrons. The highest BCUT2D eigenvalue weighted by Gasteiger charge is 2.36. The monoisotopic (exact) mass is 338 g/mol. The SMILES string of the molecule is OC1(Cc2c(F)ccc(Br)c2F)Cc2ccccc2C1. The third-order valence-corrected chi connectivity index (χ3v) is 4.41. The third kappa shape index (κ3) is 2.38. The average Bonchev–Trinajstić information content (AvgIpc) is 2.75. The van der Waals surface area contributed by atoms with Gasteiger partial charge < -0.3 is 5.11 Å². The van der Waals surface area contributed by atoms with Crippen LogP contribution in [0.1, 0.15) is 16.7 Å². The lowest BCUT2D eigenvalue weighted by Crippen LogP contribution is -2.33. The largest absolute Gasteiger partial charge is 0.389 e. The van der Waals surface area contributed by atoms with Crippen molar-refractivity contribution in [1.82, 2.24) is 0 Å². The summed E-state index contributed by atoms with van der Waals surface area (Å²) >= 11 is 3.05. The van der Waals surface area contributed by atoms with Crippen molar-refractivity contribution in [2.24, 2.45) is 0 Å². The van der Waals surface area contributed by atoms with Crippen molar-refractivity contribution in [1.29, 1.82) is 0 Å². The minimum atomic E-state index is -1.12. The number of halogens is 3. The van der Waals surface area contributed by atoms with Crippen LogP contribution in [0.4, 0.5) is 8.78 Å². The molecule has 0 spiro atoms. The molecule has 0 aromatic heterocycles. The Labute approximate surface area is 124 Å². The molecule has 1 N–H and O–H groups in total. The number of benzene rings is 2. The topological polar surface area (TPSA) is 20.2 Å². The van der Waals surface area contributed by atoms with Gasteiger partial charge in [0.15, 0.2) is 0 Å². The molecule has 0 heterocycles. The van der Waals surface area contributed by atoms with E-state index in [1.807, 2.05) is 24.3 Å². The third-order valence-electron chi connectivity index (χ3n) is 3.80. The smallest absolute Gasteiger partial charge is 0.143 e. The van der Waals surface area contributed by atoms with Gasteiger partial charge in [0.1, 0.15) is 11.6 Å². The molecule has 4 heteroatoms. The highest BCUT2D eigenvalue weighted by atomic mass is 79.9. The van der Waals surface area contributed by atoms with Gasteiger partial charge in [-0.05, 0) is 39.2 Å². The fraction of sp³-hybridized carbons (Fsp3) is 0.250. The fourth-order valence-corrected chi connectivity index (χ4v) is 3.23. The van der Waals surface area contributed by atoms with Crippen LogP contribution in [0, 0.1) is 11.6 Å². The first-order chi connectivity index (χ1) is 9.48. The quantitative estimate of drug-likeness (QED) is 0.826. The van der Waals surface area contributed by atoms with Gasteiger partial charge in [-0.15, -0.1) is 0 Å². The maximum Gasteiger partial charge on any atom is 0.143 e. The Morgan fingerprint density at radius 1 is 1.05 bits per heavy atom. The molecule has 0 unspecified atom stereocenters. The lowest BCUT2D eigenvalue weighted by Gasteiger charge is -2.23.